The molecule has 4 nitrogen and oxygen atoms in total. The number of rotatable bonds is 6. The van der Waals surface area contributed by atoms with E-state index >= 15 is 0 Å². The van der Waals surface area contributed by atoms with Gasteiger partial charge in [-0.2, -0.15) is 0 Å². The molecule has 0 aliphatic carbocycles. The van der Waals surface area contributed by atoms with Gasteiger partial charge in [0.05, 0.1) is 5.75 Å². The highest BCUT2D eigenvalue weighted by Crippen LogP contribution is 2.29. The van der Waals surface area contributed by atoms with Crippen LogP contribution in [0, 0.1) is 19.7 Å². The van der Waals surface area contributed by atoms with E-state index in [-0.39, 0.29) is 11.7 Å². The Morgan fingerprint density at radius 1 is 1.23 bits per heavy atom. The fourth-order valence-electron chi connectivity index (χ4n) is 2.55. The molecule has 0 aromatic heterocycles. The van der Waals surface area contributed by atoms with Crippen LogP contribution in [0.2, 0.25) is 0 Å². The molecule has 2 N–H and O–H groups in total. The van der Waals surface area contributed by atoms with Crippen LogP contribution < -0.4 is 5.73 Å². The molecule has 2 amide bonds. The van der Waals surface area contributed by atoms with Crippen molar-refractivity contribution in [2.24, 2.45) is 5.73 Å². The summed E-state index contributed by atoms with van der Waals surface area (Å²) in [6.07, 6.45) is 0. The van der Waals surface area contributed by atoms with Gasteiger partial charge in [-0.25, -0.2) is 4.39 Å². The van der Waals surface area contributed by atoms with E-state index in [9.17, 15) is 14.0 Å². The van der Waals surface area contributed by atoms with Crippen molar-refractivity contribution < 1.29 is 14.0 Å². The normalized spacial score (nSPS) is 11.9. The van der Waals surface area contributed by atoms with Crippen molar-refractivity contribution in [3.05, 3.63) is 63.4 Å². The highest BCUT2D eigenvalue weighted by molar-refractivity contribution is 9.10. The highest BCUT2D eigenvalue weighted by Gasteiger charge is 2.27. The van der Waals surface area contributed by atoms with E-state index < -0.39 is 17.8 Å². The average molecular weight is 439 g/mol. The van der Waals surface area contributed by atoms with Crippen molar-refractivity contribution in [3.63, 3.8) is 0 Å². The number of hydrogen-bond acceptors (Lipinski definition) is 3. The van der Waals surface area contributed by atoms with Crippen molar-refractivity contribution in [1.29, 1.82) is 0 Å². The van der Waals surface area contributed by atoms with Crippen LogP contribution in [0.5, 0.6) is 0 Å². The maximum absolute atomic E-state index is 13.5. The minimum absolute atomic E-state index is 0.150. The highest BCUT2D eigenvalue weighted by atomic mass is 79.9. The number of aryl methyl sites for hydroxylation is 2. The summed E-state index contributed by atoms with van der Waals surface area (Å²) in [5.41, 5.74) is 7.95. The molecule has 0 saturated heterocycles. The van der Waals surface area contributed by atoms with Gasteiger partial charge in [0.2, 0.25) is 11.8 Å². The van der Waals surface area contributed by atoms with Crippen molar-refractivity contribution >= 4 is 39.5 Å². The first-order valence-electron chi connectivity index (χ1n) is 7.90. The third kappa shape index (κ3) is 4.86. The Labute approximate surface area is 165 Å². The SMILES string of the molecule is Cc1cc(SCC(=O)N(C)C(C(N)=O)c2cccc(F)c2)c(C)cc1Br. The molecule has 1 unspecified atom stereocenters. The van der Waals surface area contributed by atoms with Crippen molar-refractivity contribution in [2.75, 3.05) is 12.8 Å². The first-order chi connectivity index (χ1) is 12.2. The average Bonchev–Trinajstić information content (AvgIpc) is 2.56. The Bertz CT molecular complexity index is 844. The van der Waals surface area contributed by atoms with Gasteiger partial charge < -0.3 is 10.6 Å². The summed E-state index contributed by atoms with van der Waals surface area (Å²) in [5, 5.41) is 0. The maximum atomic E-state index is 13.5. The zero-order valence-corrected chi connectivity index (χ0v) is 17.2. The summed E-state index contributed by atoms with van der Waals surface area (Å²) in [6.45, 7) is 3.95. The van der Waals surface area contributed by atoms with Gasteiger partial charge in [0.15, 0.2) is 0 Å². The van der Waals surface area contributed by atoms with Crippen LogP contribution in [0.4, 0.5) is 4.39 Å². The van der Waals surface area contributed by atoms with E-state index in [4.69, 9.17) is 5.73 Å². The second-order valence-corrected chi connectivity index (χ2v) is 7.89. The molecule has 2 rings (SSSR count). The monoisotopic (exact) mass is 438 g/mol. The van der Waals surface area contributed by atoms with Gasteiger partial charge >= 0.3 is 0 Å². The van der Waals surface area contributed by atoms with Gasteiger partial charge in [0.25, 0.3) is 0 Å². The summed E-state index contributed by atoms with van der Waals surface area (Å²) in [6, 6.07) is 8.57. The lowest BCUT2D eigenvalue weighted by Gasteiger charge is -2.26. The second-order valence-electron chi connectivity index (χ2n) is 6.02. The first-order valence-corrected chi connectivity index (χ1v) is 9.68. The lowest BCUT2D eigenvalue weighted by Crippen LogP contribution is -2.40. The van der Waals surface area contributed by atoms with Crippen LogP contribution in [-0.2, 0) is 9.59 Å². The third-order valence-corrected chi connectivity index (χ3v) is 6.02. The molecule has 1 atom stereocenters. The number of carbonyl (C=O) groups is 2. The largest absolute Gasteiger partial charge is 0.368 e. The van der Waals surface area contributed by atoms with Crippen molar-refractivity contribution in [2.45, 2.75) is 24.8 Å². The van der Waals surface area contributed by atoms with E-state index in [1.54, 1.807) is 6.07 Å². The number of likely N-dealkylation sites (N-methyl/N-ethyl adjacent to an activating group) is 1. The molecular formula is C19H20BrFN2O2S. The predicted octanol–water partition coefficient (Wildman–Crippen LogP) is 3.98. The van der Waals surface area contributed by atoms with Crippen LogP contribution in [-0.4, -0.2) is 29.5 Å². The first kappa shape index (κ1) is 20.5. The number of primary amides is 1. The molecule has 0 aliphatic rings. The van der Waals surface area contributed by atoms with Gasteiger partial charge in [0, 0.05) is 16.4 Å². The quantitative estimate of drug-likeness (QED) is 0.693. The number of halogens is 2. The molecule has 2 aromatic carbocycles. The summed E-state index contributed by atoms with van der Waals surface area (Å²) < 4.78 is 14.5. The molecular weight excluding hydrogens is 419 g/mol. The van der Waals surface area contributed by atoms with Crippen molar-refractivity contribution in [3.8, 4) is 0 Å². The van der Waals surface area contributed by atoms with E-state index in [1.807, 2.05) is 26.0 Å². The fourth-order valence-corrected chi connectivity index (χ4v) is 4.04. The number of carbonyl (C=O) groups excluding carboxylic acids is 2. The summed E-state index contributed by atoms with van der Waals surface area (Å²) in [7, 11) is 1.50. The topological polar surface area (TPSA) is 63.4 Å². The zero-order chi connectivity index (χ0) is 19.4. The number of amides is 2. The number of thioether (sulfide) groups is 1. The molecule has 2 aromatic rings. The lowest BCUT2D eigenvalue weighted by molar-refractivity contribution is -0.136. The number of nitrogens with two attached hydrogens (primary N) is 1. The molecule has 0 heterocycles. The standard InChI is InChI=1S/C19H20BrFN2O2S/c1-11-8-16(12(2)7-15(11)20)26-10-17(24)23(3)18(19(22)25)13-5-4-6-14(21)9-13/h4-9,18H,10H2,1-3H3,(H2,22,25). The molecule has 0 aliphatic heterocycles. The van der Waals surface area contributed by atoms with Crippen LogP contribution in [0.3, 0.4) is 0 Å². The van der Waals surface area contributed by atoms with Crippen molar-refractivity contribution in [1.82, 2.24) is 4.90 Å². The maximum Gasteiger partial charge on any atom is 0.244 e. The Morgan fingerprint density at radius 3 is 2.54 bits per heavy atom. The fraction of sp³-hybridized carbons (Fsp3) is 0.263. The molecule has 0 bridgehead atoms. The Morgan fingerprint density at radius 2 is 1.92 bits per heavy atom. The minimum Gasteiger partial charge on any atom is -0.368 e. The lowest BCUT2D eigenvalue weighted by atomic mass is 10.0. The van der Waals surface area contributed by atoms with Gasteiger partial charge in [0.1, 0.15) is 11.9 Å². The number of hydrogen-bond donors (Lipinski definition) is 1. The third-order valence-electron chi connectivity index (χ3n) is 4.02. The predicted molar refractivity (Wildman–Crippen MR) is 105 cm³/mol. The van der Waals surface area contributed by atoms with E-state index in [0.717, 1.165) is 20.5 Å². The Balaban J connectivity index is 2.14. The summed E-state index contributed by atoms with van der Waals surface area (Å²) in [4.78, 5) is 26.7. The van der Waals surface area contributed by atoms with Gasteiger partial charge in [-0.3, -0.25) is 9.59 Å². The minimum atomic E-state index is -1.01. The molecule has 0 saturated carbocycles. The van der Waals surface area contributed by atoms with Gasteiger partial charge in [-0.1, -0.05) is 28.1 Å². The molecule has 7 heteroatoms. The number of nitrogens with zero attached hydrogens (tertiary/aromatic N) is 1. The Hall–Kier alpha value is -1.86. The molecule has 0 spiro atoms. The van der Waals surface area contributed by atoms with E-state index in [0.29, 0.717) is 5.56 Å². The van der Waals surface area contributed by atoms with Gasteiger partial charge in [-0.15, -0.1) is 11.8 Å². The van der Waals surface area contributed by atoms with Gasteiger partial charge in [-0.05, 0) is 54.8 Å². The zero-order valence-electron chi connectivity index (χ0n) is 14.8. The van der Waals surface area contributed by atoms with Crippen LogP contribution in [0.15, 0.2) is 45.8 Å². The number of benzene rings is 2. The van der Waals surface area contributed by atoms with Crippen LogP contribution in [0.25, 0.3) is 0 Å². The Kier molecular flexibility index (Phi) is 6.83. The van der Waals surface area contributed by atoms with Crippen LogP contribution in [0.1, 0.15) is 22.7 Å². The summed E-state index contributed by atoms with van der Waals surface area (Å²) in [5.74, 6) is -1.29. The smallest absolute Gasteiger partial charge is 0.244 e. The summed E-state index contributed by atoms with van der Waals surface area (Å²) >= 11 is 4.88. The second kappa shape index (κ2) is 8.68. The van der Waals surface area contributed by atoms with E-state index in [2.05, 4.69) is 15.9 Å². The molecule has 0 radical (unpaired) electrons. The molecule has 138 valence electrons. The van der Waals surface area contributed by atoms with E-state index in [1.165, 1.54) is 41.9 Å². The van der Waals surface area contributed by atoms with Crippen LogP contribution >= 0.6 is 27.7 Å². The molecule has 0 fully saturated rings. The molecule has 26 heavy (non-hydrogen) atoms.